The molecule has 0 aromatic heterocycles. The van der Waals surface area contributed by atoms with Gasteiger partial charge in [-0.1, -0.05) is 12.2 Å². The van der Waals surface area contributed by atoms with E-state index < -0.39 is 11.4 Å². The first-order valence-corrected chi connectivity index (χ1v) is 6.96. The SMILES string of the molecule is C=C1CC[C@H]2O[C@]2(C)CC[C@@H]2[C@@H]1C[C@@]2(C)C(=O)O. The number of carbonyl (C=O) groups is 1. The molecule has 1 heterocycles. The van der Waals surface area contributed by atoms with Crippen molar-refractivity contribution >= 4 is 5.97 Å². The van der Waals surface area contributed by atoms with E-state index in [1.165, 1.54) is 5.57 Å². The number of hydrogen-bond donors (Lipinski definition) is 1. The summed E-state index contributed by atoms with van der Waals surface area (Å²) in [6.07, 6.45) is 5.16. The molecule has 1 aliphatic heterocycles. The monoisotopic (exact) mass is 250 g/mol. The van der Waals surface area contributed by atoms with Crippen LogP contribution in [0.15, 0.2) is 12.2 Å². The third-order valence-corrected chi connectivity index (χ3v) is 5.68. The summed E-state index contributed by atoms with van der Waals surface area (Å²) < 4.78 is 5.78. The zero-order chi connectivity index (χ0) is 13.1. The third kappa shape index (κ3) is 1.56. The number of hydrogen-bond acceptors (Lipinski definition) is 2. The molecule has 3 nitrogen and oxygen atoms in total. The van der Waals surface area contributed by atoms with Crippen LogP contribution >= 0.6 is 0 Å². The van der Waals surface area contributed by atoms with Crippen molar-refractivity contribution in [1.82, 2.24) is 0 Å². The smallest absolute Gasteiger partial charge is 0.309 e. The van der Waals surface area contributed by atoms with Gasteiger partial charge in [-0.05, 0) is 57.8 Å². The lowest BCUT2D eigenvalue weighted by Crippen LogP contribution is -2.51. The van der Waals surface area contributed by atoms with E-state index in [0.29, 0.717) is 12.0 Å². The summed E-state index contributed by atoms with van der Waals surface area (Å²) in [5, 5.41) is 9.43. The minimum absolute atomic E-state index is 0.0180. The van der Waals surface area contributed by atoms with Crippen molar-refractivity contribution in [2.24, 2.45) is 17.3 Å². The number of carboxylic acids is 1. The first-order valence-electron chi connectivity index (χ1n) is 6.96. The summed E-state index contributed by atoms with van der Waals surface area (Å²) in [4.78, 5) is 11.5. The summed E-state index contributed by atoms with van der Waals surface area (Å²) in [7, 11) is 0. The summed E-state index contributed by atoms with van der Waals surface area (Å²) in [6, 6.07) is 0. The summed E-state index contributed by atoms with van der Waals surface area (Å²) in [5.74, 6) is 0.0312. The van der Waals surface area contributed by atoms with Crippen molar-refractivity contribution < 1.29 is 14.6 Å². The average Bonchev–Trinajstić information content (AvgIpc) is 2.92. The van der Waals surface area contributed by atoms with E-state index in [4.69, 9.17) is 4.74 Å². The predicted molar refractivity (Wildman–Crippen MR) is 68.2 cm³/mol. The second-order valence-electron chi connectivity index (χ2n) is 6.79. The Morgan fingerprint density at radius 3 is 2.83 bits per heavy atom. The van der Waals surface area contributed by atoms with Crippen molar-refractivity contribution in [1.29, 1.82) is 0 Å². The van der Waals surface area contributed by atoms with Gasteiger partial charge in [0, 0.05) is 0 Å². The van der Waals surface area contributed by atoms with Crippen LogP contribution < -0.4 is 0 Å². The molecule has 0 spiro atoms. The van der Waals surface area contributed by atoms with Gasteiger partial charge in [-0.2, -0.15) is 0 Å². The van der Waals surface area contributed by atoms with Crippen LogP contribution in [0.2, 0.25) is 0 Å². The maximum atomic E-state index is 11.5. The normalized spacial score (nSPS) is 51.0. The van der Waals surface area contributed by atoms with Crippen molar-refractivity contribution in [2.45, 2.75) is 57.7 Å². The Kier molecular flexibility index (Phi) is 2.44. The fourth-order valence-corrected chi connectivity index (χ4v) is 4.05. The van der Waals surface area contributed by atoms with Gasteiger partial charge in [-0.25, -0.2) is 0 Å². The lowest BCUT2D eigenvalue weighted by molar-refractivity contribution is -0.164. The van der Waals surface area contributed by atoms with E-state index in [-0.39, 0.29) is 11.5 Å². The summed E-state index contributed by atoms with van der Waals surface area (Å²) in [6.45, 7) is 8.25. The number of allylic oxidation sites excluding steroid dienone is 1. The van der Waals surface area contributed by atoms with Crippen LogP contribution in [0.3, 0.4) is 0 Å². The molecule has 5 atom stereocenters. The molecule has 0 bridgehead atoms. The van der Waals surface area contributed by atoms with E-state index in [1.54, 1.807) is 0 Å². The van der Waals surface area contributed by atoms with Crippen molar-refractivity contribution in [3.8, 4) is 0 Å². The van der Waals surface area contributed by atoms with Gasteiger partial charge >= 0.3 is 5.97 Å². The average molecular weight is 250 g/mol. The van der Waals surface area contributed by atoms with E-state index in [0.717, 1.165) is 32.1 Å². The molecule has 18 heavy (non-hydrogen) atoms. The highest BCUT2D eigenvalue weighted by Gasteiger charge is 2.59. The molecule has 0 amide bonds. The molecule has 1 N–H and O–H groups in total. The number of carboxylic acid groups (broad SMARTS) is 1. The maximum Gasteiger partial charge on any atom is 0.309 e. The Balaban J connectivity index is 1.81. The molecule has 3 rings (SSSR count). The molecule has 2 aliphatic carbocycles. The van der Waals surface area contributed by atoms with Gasteiger partial charge in [-0.3, -0.25) is 4.79 Å². The van der Waals surface area contributed by atoms with Crippen molar-refractivity contribution in [3.63, 3.8) is 0 Å². The minimum atomic E-state index is -0.644. The molecule has 0 radical (unpaired) electrons. The fraction of sp³-hybridized carbons (Fsp3) is 0.800. The second kappa shape index (κ2) is 3.60. The number of ether oxygens (including phenoxy) is 1. The quantitative estimate of drug-likeness (QED) is 0.575. The van der Waals surface area contributed by atoms with Crippen molar-refractivity contribution in [3.05, 3.63) is 12.2 Å². The number of fused-ring (bicyclic) bond motifs is 2. The Bertz CT molecular complexity index is 416. The topological polar surface area (TPSA) is 49.8 Å². The van der Waals surface area contributed by atoms with E-state index in [2.05, 4.69) is 13.5 Å². The predicted octanol–water partition coefficient (Wildman–Crippen LogP) is 3.00. The van der Waals surface area contributed by atoms with Crippen LogP contribution in [0.1, 0.15) is 46.0 Å². The molecule has 1 saturated heterocycles. The first-order chi connectivity index (χ1) is 8.37. The molecule has 3 heteroatoms. The van der Waals surface area contributed by atoms with Crippen LogP contribution in [-0.4, -0.2) is 22.8 Å². The second-order valence-corrected chi connectivity index (χ2v) is 6.79. The molecular formula is C15H22O3. The lowest BCUT2D eigenvalue weighted by Gasteiger charge is -2.51. The molecule has 0 unspecified atom stereocenters. The van der Waals surface area contributed by atoms with Gasteiger partial charge in [-0.15, -0.1) is 0 Å². The molecule has 3 aliphatic rings. The molecule has 2 saturated carbocycles. The zero-order valence-electron chi connectivity index (χ0n) is 11.2. The van der Waals surface area contributed by atoms with Gasteiger partial charge in [0.05, 0.1) is 17.1 Å². The van der Waals surface area contributed by atoms with E-state index >= 15 is 0 Å². The fourth-order valence-electron chi connectivity index (χ4n) is 4.05. The van der Waals surface area contributed by atoms with Gasteiger partial charge in [0.15, 0.2) is 0 Å². The molecular weight excluding hydrogens is 228 g/mol. The molecule has 0 aromatic rings. The number of aliphatic carboxylic acids is 1. The van der Waals surface area contributed by atoms with Gasteiger partial charge in [0.2, 0.25) is 0 Å². The van der Waals surface area contributed by atoms with Crippen LogP contribution in [-0.2, 0) is 9.53 Å². The van der Waals surface area contributed by atoms with E-state index in [1.807, 2.05) is 6.92 Å². The molecule has 3 fully saturated rings. The lowest BCUT2D eigenvalue weighted by atomic mass is 9.51. The zero-order valence-corrected chi connectivity index (χ0v) is 11.2. The van der Waals surface area contributed by atoms with Gasteiger partial charge in [0.1, 0.15) is 0 Å². The Morgan fingerprint density at radius 1 is 1.44 bits per heavy atom. The Morgan fingerprint density at radius 2 is 2.17 bits per heavy atom. The number of epoxide rings is 1. The standard InChI is InChI=1S/C15H22O3/c1-9-4-5-12-15(3,18-12)7-6-11-10(9)8-14(11,2)13(16)17/h10-12H,1,4-8H2,2-3H3,(H,16,17)/t10-,11-,12-,14-,15-/m1/s1. The highest BCUT2D eigenvalue weighted by Crippen LogP contribution is 2.59. The Labute approximate surface area is 108 Å². The van der Waals surface area contributed by atoms with Crippen LogP contribution in [0.4, 0.5) is 0 Å². The minimum Gasteiger partial charge on any atom is -0.481 e. The molecule has 100 valence electrons. The van der Waals surface area contributed by atoms with Crippen molar-refractivity contribution in [2.75, 3.05) is 0 Å². The molecule has 0 aromatic carbocycles. The largest absolute Gasteiger partial charge is 0.481 e. The van der Waals surface area contributed by atoms with Gasteiger partial charge in [0.25, 0.3) is 0 Å². The third-order valence-electron chi connectivity index (χ3n) is 5.68. The summed E-state index contributed by atoms with van der Waals surface area (Å²) >= 11 is 0. The summed E-state index contributed by atoms with van der Waals surface area (Å²) in [5.41, 5.74) is 0.724. The van der Waals surface area contributed by atoms with Gasteiger partial charge < -0.3 is 9.84 Å². The van der Waals surface area contributed by atoms with Crippen LogP contribution in [0.25, 0.3) is 0 Å². The van der Waals surface area contributed by atoms with E-state index in [9.17, 15) is 9.90 Å². The highest BCUT2D eigenvalue weighted by molar-refractivity contribution is 5.76. The maximum absolute atomic E-state index is 11.5. The van der Waals surface area contributed by atoms with Crippen LogP contribution in [0.5, 0.6) is 0 Å². The Hall–Kier alpha value is -0.830. The first kappa shape index (κ1) is 12.2. The highest BCUT2D eigenvalue weighted by atomic mass is 16.6. The van der Waals surface area contributed by atoms with Crippen LogP contribution in [0, 0.1) is 17.3 Å². The number of rotatable bonds is 1.